The summed E-state index contributed by atoms with van der Waals surface area (Å²) in [7, 11) is 0. The Balaban J connectivity index is 2.34. The fourth-order valence-corrected chi connectivity index (χ4v) is 1.45. The van der Waals surface area contributed by atoms with Crippen LogP contribution in [0, 0.1) is 11.6 Å². The van der Waals surface area contributed by atoms with Gasteiger partial charge in [-0.2, -0.15) is 5.10 Å². The normalized spacial score (nSPS) is 10.4. The van der Waals surface area contributed by atoms with Crippen molar-refractivity contribution in [2.75, 3.05) is 11.9 Å². The molecule has 0 saturated heterocycles. The maximum absolute atomic E-state index is 13.0. The van der Waals surface area contributed by atoms with E-state index in [0.29, 0.717) is 17.1 Å². The largest absolute Gasteiger partial charge is 0.369 e. The molecule has 1 aromatic heterocycles. The number of H-pyrrole nitrogens is 1. The third-order valence-electron chi connectivity index (χ3n) is 2.11. The van der Waals surface area contributed by atoms with Crippen molar-refractivity contribution < 1.29 is 8.78 Å². The van der Waals surface area contributed by atoms with Gasteiger partial charge in [-0.3, -0.25) is 5.10 Å². The van der Waals surface area contributed by atoms with Crippen LogP contribution in [0.15, 0.2) is 24.3 Å². The van der Waals surface area contributed by atoms with Gasteiger partial charge in [0.15, 0.2) is 0 Å². The average Bonchev–Trinajstić information content (AvgIpc) is 2.65. The van der Waals surface area contributed by atoms with Gasteiger partial charge in [-0.15, -0.1) is 0 Å². The van der Waals surface area contributed by atoms with E-state index in [9.17, 15) is 8.78 Å². The first kappa shape index (κ1) is 10.6. The third-order valence-corrected chi connectivity index (χ3v) is 2.11. The van der Waals surface area contributed by atoms with Gasteiger partial charge in [0, 0.05) is 24.2 Å². The minimum atomic E-state index is -0.602. The quantitative estimate of drug-likeness (QED) is 0.840. The van der Waals surface area contributed by atoms with E-state index in [1.54, 1.807) is 6.07 Å². The number of halogens is 2. The molecule has 3 nitrogen and oxygen atoms in total. The number of aromatic nitrogens is 2. The highest BCUT2D eigenvalue weighted by Gasteiger charge is 2.06. The molecule has 2 rings (SSSR count). The summed E-state index contributed by atoms with van der Waals surface area (Å²) in [5.41, 5.74) is 1.02. The van der Waals surface area contributed by atoms with Gasteiger partial charge in [0.2, 0.25) is 0 Å². The van der Waals surface area contributed by atoms with E-state index in [2.05, 4.69) is 15.5 Å². The molecular weight excluding hydrogens is 212 g/mol. The molecule has 0 bridgehead atoms. The smallest absolute Gasteiger partial charge is 0.148 e. The number of benzene rings is 1. The Bertz CT molecular complexity index is 473. The lowest BCUT2D eigenvalue weighted by atomic mass is 10.1. The van der Waals surface area contributed by atoms with E-state index in [4.69, 9.17) is 0 Å². The first-order valence-electron chi connectivity index (χ1n) is 4.95. The molecule has 5 heteroatoms. The minimum Gasteiger partial charge on any atom is -0.369 e. The van der Waals surface area contributed by atoms with Gasteiger partial charge in [0.25, 0.3) is 0 Å². The molecule has 2 aromatic rings. The van der Waals surface area contributed by atoms with Crippen LogP contribution < -0.4 is 5.32 Å². The molecule has 0 fully saturated rings. The maximum Gasteiger partial charge on any atom is 0.148 e. The summed E-state index contributed by atoms with van der Waals surface area (Å²) in [5, 5.41) is 9.67. The number of rotatable bonds is 3. The van der Waals surface area contributed by atoms with Gasteiger partial charge in [-0.05, 0) is 19.1 Å². The Hall–Kier alpha value is -1.91. The Labute approximate surface area is 91.5 Å². The molecule has 1 aromatic carbocycles. The van der Waals surface area contributed by atoms with E-state index in [1.807, 2.05) is 6.92 Å². The predicted molar refractivity (Wildman–Crippen MR) is 58.1 cm³/mol. The number of nitrogens with zero attached hydrogens (tertiary/aromatic N) is 1. The fourth-order valence-electron chi connectivity index (χ4n) is 1.45. The molecule has 0 atom stereocenters. The summed E-state index contributed by atoms with van der Waals surface area (Å²) in [6, 6.07) is 5.06. The van der Waals surface area contributed by atoms with Crippen LogP contribution in [0.4, 0.5) is 14.6 Å². The number of hydrogen-bond acceptors (Lipinski definition) is 2. The molecule has 0 spiro atoms. The summed E-state index contributed by atoms with van der Waals surface area (Å²) in [4.78, 5) is 0. The lowest BCUT2D eigenvalue weighted by Crippen LogP contribution is -1.95. The van der Waals surface area contributed by atoms with Gasteiger partial charge in [0.1, 0.15) is 17.5 Å². The van der Waals surface area contributed by atoms with Crippen molar-refractivity contribution in [3.05, 3.63) is 35.9 Å². The van der Waals surface area contributed by atoms with Gasteiger partial charge in [-0.25, -0.2) is 8.78 Å². The first-order chi connectivity index (χ1) is 7.69. The van der Waals surface area contributed by atoms with Gasteiger partial charge in [0.05, 0.1) is 5.69 Å². The van der Waals surface area contributed by atoms with Crippen molar-refractivity contribution in [3.63, 3.8) is 0 Å². The maximum atomic E-state index is 13.0. The Morgan fingerprint density at radius 1 is 1.19 bits per heavy atom. The fraction of sp³-hybridized carbons (Fsp3) is 0.182. The Morgan fingerprint density at radius 2 is 1.88 bits per heavy atom. The molecule has 0 saturated carbocycles. The molecule has 0 aliphatic carbocycles. The van der Waals surface area contributed by atoms with Crippen LogP contribution in [-0.4, -0.2) is 16.7 Å². The van der Waals surface area contributed by atoms with E-state index < -0.39 is 11.6 Å². The van der Waals surface area contributed by atoms with Gasteiger partial charge >= 0.3 is 0 Å². The number of hydrogen-bond donors (Lipinski definition) is 2. The second-order valence-electron chi connectivity index (χ2n) is 3.36. The van der Waals surface area contributed by atoms with E-state index in [-0.39, 0.29) is 0 Å². The van der Waals surface area contributed by atoms with Crippen molar-refractivity contribution in [2.45, 2.75) is 6.92 Å². The van der Waals surface area contributed by atoms with Crippen molar-refractivity contribution in [1.82, 2.24) is 10.2 Å². The van der Waals surface area contributed by atoms with Crippen LogP contribution in [0.2, 0.25) is 0 Å². The van der Waals surface area contributed by atoms with Gasteiger partial charge < -0.3 is 5.32 Å². The molecule has 0 radical (unpaired) electrons. The van der Waals surface area contributed by atoms with Crippen molar-refractivity contribution >= 4 is 5.82 Å². The average molecular weight is 223 g/mol. The number of aromatic amines is 1. The zero-order valence-electron chi connectivity index (χ0n) is 8.72. The second-order valence-corrected chi connectivity index (χ2v) is 3.36. The van der Waals surface area contributed by atoms with Crippen LogP contribution in [0.3, 0.4) is 0 Å². The van der Waals surface area contributed by atoms with Crippen LogP contribution in [0.1, 0.15) is 6.92 Å². The van der Waals surface area contributed by atoms with Crippen molar-refractivity contribution in [2.24, 2.45) is 0 Å². The predicted octanol–water partition coefficient (Wildman–Crippen LogP) is 2.79. The highest BCUT2D eigenvalue weighted by Crippen LogP contribution is 2.21. The molecule has 0 unspecified atom stereocenters. The Kier molecular flexibility index (Phi) is 2.85. The van der Waals surface area contributed by atoms with Gasteiger partial charge in [-0.1, -0.05) is 0 Å². The third kappa shape index (κ3) is 2.18. The van der Waals surface area contributed by atoms with Crippen LogP contribution in [-0.2, 0) is 0 Å². The summed E-state index contributed by atoms with van der Waals surface area (Å²) in [6.07, 6.45) is 0. The summed E-state index contributed by atoms with van der Waals surface area (Å²) in [5.74, 6) is -0.550. The zero-order valence-corrected chi connectivity index (χ0v) is 8.72. The molecule has 0 aliphatic rings. The van der Waals surface area contributed by atoms with Crippen LogP contribution in [0.25, 0.3) is 11.3 Å². The lowest BCUT2D eigenvalue weighted by molar-refractivity contribution is 0.584. The molecule has 0 amide bonds. The molecular formula is C11H11F2N3. The standard InChI is InChI=1S/C11H11F2N3/c1-2-14-11-6-10(15-16-11)7-3-8(12)5-9(13)4-7/h3-6H,2H2,1H3,(H2,14,15,16). The summed E-state index contributed by atoms with van der Waals surface area (Å²) >= 11 is 0. The van der Waals surface area contributed by atoms with Crippen molar-refractivity contribution in [1.29, 1.82) is 0 Å². The summed E-state index contributed by atoms with van der Waals surface area (Å²) < 4.78 is 26.0. The Morgan fingerprint density at radius 3 is 2.50 bits per heavy atom. The molecule has 2 N–H and O–H groups in total. The second kappa shape index (κ2) is 4.30. The van der Waals surface area contributed by atoms with Crippen LogP contribution in [0.5, 0.6) is 0 Å². The first-order valence-corrected chi connectivity index (χ1v) is 4.95. The molecule has 1 heterocycles. The van der Waals surface area contributed by atoms with E-state index in [1.165, 1.54) is 12.1 Å². The topological polar surface area (TPSA) is 40.7 Å². The minimum absolute atomic E-state index is 0.439. The lowest BCUT2D eigenvalue weighted by Gasteiger charge is -1.98. The van der Waals surface area contributed by atoms with Crippen LogP contribution >= 0.6 is 0 Å². The monoisotopic (exact) mass is 223 g/mol. The molecule has 0 aliphatic heterocycles. The van der Waals surface area contributed by atoms with Crippen molar-refractivity contribution in [3.8, 4) is 11.3 Å². The molecule has 84 valence electrons. The zero-order chi connectivity index (χ0) is 11.5. The van der Waals surface area contributed by atoms with E-state index in [0.717, 1.165) is 12.6 Å². The van der Waals surface area contributed by atoms with E-state index >= 15 is 0 Å². The number of anilines is 1. The SMILES string of the molecule is CCNc1cc(-c2cc(F)cc(F)c2)[nH]n1. The summed E-state index contributed by atoms with van der Waals surface area (Å²) in [6.45, 7) is 2.68. The highest BCUT2D eigenvalue weighted by atomic mass is 19.1. The number of nitrogens with one attached hydrogen (secondary N) is 2. The highest BCUT2D eigenvalue weighted by molar-refractivity contribution is 5.62. The molecule has 16 heavy (non-hydrogen) atoms.